The molecule has 0 aromatic carbocycles. The molecule has 0 saturated carbocycles. The fraction of sp³-hybridized carbons (Fsp3) is 0.667. The van der Waals surface area contributed by atoms with Crippen LogP contribution < -0.4 is 5.73 Å². The van der Waals surface area contributed by atoms with E-state index in [-0.39, 0.29) is 18.3 Å². The van der Waals surface area contributed by atoms with Crippen LogP contribution in [0.3, 0.4) is 0 Å². The number of thiazole rings is 1. The summed E-state index contributed by atoms with van der Waals surface area (Å²) >= 11 is 1.53. The lowest BCUT2D eigenvalue weighted by Gasteiger charge is -2.14. The number of likely N-dealkylation sites (tertiary alicyclic amines) is 1. The molecule has 0 aliphatic carbocycles. The number of carbonyl (C=O) groups is 1. The highest BCUT2D eigenvalue weighted by Gasteiger charge is 2.26. The number of rotatable bonds is 4. The Morgan fingerprint density at radius 3 is 3.06 bits per heavy atom. The van der Waals surface area contributed by atoms with Gasteiger partial charge < -0.3 is 10.6 Å². The van der Waals surface area contributed by atoms with Crippen LogP contribution in [-0.4, -0.2) is 35.4 Å². The smallest absolute Gasteiger partial charge is 0.273 e. The van der Waals surface area contributed by atoms with Crippen molar-refractivity contribution >= 4 is 29.7 Å². The fourth-order valence-electron chi connectivity index (χ4n) is 2.16. The Morgan fingerprint density at radius 2 is 2.44 bits per heavy atom. The Bertz CT molecular complexity index is 396. The highest BCUT2D eigenvalue weighted by Crippen LogP contribution is 2.21. The summed E-state index contributed by atoms with van der Waals surface area (Å²) in [4.78, 5) is 18.4. The summed E-state index contributed by atoms with van der Waals surface area (Å²) in [7, 11) is 0. The van der Waals surface area contributed by atoms with Crippen molar-refractivity contribution in [2.24, 2.45) is 11.7 Å². The van der Waals surface area contributed by atoms with Crippen molar-refractivity contribution in [3.8, 4) is 0 Å². The molecule has 0 radical (unpaired) electrons. The van der Waals surface area contributed by atoms with Crippen molar-refractivity contribution in [2.75, 3.05) is 19.6 Å². The summed E-state index contributed by atoms with van der Waals surface area (Å²) < 4.78 is 0. The van der Waals surface area contributed by atoms with Gasteiger partial charge >= 0.3 is 0 Å². The number of nitrogens with zero attached hydrogens (tertiary/aromatic N) is 2. The molecule has 0 spiro atoms. The molecule has 18 heavy (non-hydrogen) atoms. The summed E-state index contributed by atoms with van der Waals surface area (Å²) in [6.07, 6.45) is 3.04. The van der Waals surface area contributed by atoms with Crippen LogP contribution >= 0.6 is 23.7 Å². The van der Waals surface area contributed by atoms with Crippen LogP contribution in [0.2, 0.25) is 0 Å². The van der Waals surface area contributed by atoms with Crippen molar-refractivity contribution in [3.05, 3.63) is 16.1 Å². The van der Waals surface area contributed by atoms with E-state index >= 15 is 0 Å². The van der Waals surface area contributed by atoms with Gasteiger partial charge in [-0.3, -0.25) is 4.79 Å². The van der Waals surface area contributed by atoms with E-state index in [4.69, 9.17) is 5.73 Å². The lowest BCUT2D eigenvalue weighted by molar-refractivity contribution is 0.0781. The Kier molecular flexibility index (Phi) is 6.05. The molecule has 1 aliphatic heterocycles. The minimum atomic E-state index is 0. The highest BCUT2D eigenvalue weighted by molar-refractivity contribution is 7.09. The predicted molar refractivity (Wildman–Crippen MR) is 76.4 cm³/mol. The first-order valence-corrected chi connectivity index (χ1v) is 7.06. The van der Waals surface area contributed by atoms with E-state index in [2.05, 4.69) is 11.9 Å². The molecule has 1 aromatic rings. The van der Waals surface area contributed by atoms with Crippen molar-refractivity contribution < 1.29 is 4.79 Å². The second-order valence-corrected chi connectivity index (χ2v) is 5.42. The minimum Gasteiger partial charge on any atom is -0.337 e. The number of nitrogens with two attached hydrogens (primary N) is 1. The van der Waals surface area contributed by atoms with E-state index in [0.717, 1.165) is 37.4 Å². The van der Waals surface area contributed by atoms with Crippen LogP contribution in [0.25, 0.3) is 0 Å². The quantitative estimate of drug-likeness (QED) is 0.921. The number of aromatic nitrogens is 1. The summed E-state index contributed by atoms with van der Waals surface area (Å²) in [5, 5.41) is 2.81. The molecule has 2 heterocycles. The fourth-order valence-corrected chi connectivity index (χ4v) is 2.95. The number of hydrogen-bond donors (Lipinski definition) is 1. The van der Waals surface area contributed by atoms with E-state index in [0.29, 0.717) is 18.2 Å². The van der Waals surface area contributed by atoms with Crippen LogP contribution in [0.5, 0.6) is 0 Å². The van der Waals surface area contributed by atoms with Gasteiger partial charge in [0.25, 0.3) is 5.91 Å². The second-order valence-electron chi connectivity index (χ2n) is 4.48. The zero-order valence-corrected chi connectivity index (χ0v) is 12.2. The third kappa shape index (κ3) is 3.43. The van der Waals surface area contributed by atoms with E-state index in [1.165, 1.54) is 11.3 Å². The van der Waals surface area contributed by atoms with Gasteiger partial charge in [0.15, 0.2) is 0 Å². The van der Waals surface area contributed by atoms with Crippen molar-refractivity contribution in [2.45, 2.75) is 26.2 Å². The molecular weight excluding hydrogens is 270 g/mol. The number of hydrogen-bond acceptors (Lipinski definition) is 4. The molecule has 2 rings (SSSR count). The van der Waals surface area contributed by atoms with Gasteiger partial charge in [0, 0.05) is 24.9 Å². The molecule has 102 valence electrons. The molecule has 1 amide bonds. The molecule has 0 bridgehead atoms. The SMILES string of the molecule is CCC1CCN(C(=O)c2csc(CCN)n2)C1.Cl. The Balaban J connectivity index is 0.00000162. The maximum Gasteiger partial charge on any atom is 0.273 e. The minimum absolute atomic E-state index is 0. The Labute approximate surface area is 118 Å². The van der Waals surface area contributed by atoms with Crippen LogP contribution in [0.15, 0.2) is 5.38 Å². The Morgan fingerprint density at radius 1 is 1.67 bits per heavy atom. The summed E-state index contributed by atoms with van der Waals surface area (Å²) in [6, 6.07) is 0. The van der Waals surface area contributed by atoms with E-state index in [1.807, 2.05) is 10.3 Å². The van der Waals surface area contributed by atoms with Crippen molar-refractivity contribution in [3.63, 3.8) is 0 Å². The first kappa shape index (κ1) is 15.4. The van der Waals surface area contributed by atoms with Crippen LogP contribution in [0, 0.1) is 5.92 Å². The number of amides is 1. The van der Waals surface area contributed by atoms with E-state index < -0.39 is 0 Å². The third-order valence-electron chi connectivity index (χ3n) is 3.28. The molecule has 1 fully saturated rings. The maximum absolute atomic E-state index is 12.2. The van der Waals surface area contributed by atoms with Gasteiger partial charge in [-0.05, 0) is 18.9 Å². The monoisotopic (exact) mass is 289 g/mol. The van der Waals surface area contributed by atoms with Gasteiger partial charge in [0.1, 0.15) is 5.69 Å². The molecule has 1 aromatic heterocycles. The zero-order valence-electron chi connectivity index (χ0n) is 10.6. The van der Waals surface area contributed by atoms with Gasteiger partial charge in [0.2, 0.25) is 0 Å². The Hall–Kier alpha value is -0.650. The molecule has 1 aliphatic rings. The van der Waals surface area contributed by atoms with Gasteiger partial charge in [-0.25, -0.2) is 4.98 Å². The molecule has 1 atom stereocenters. The maximum atomic E-state index is 12.2. The summed E-state index contributed by atoms with van der Waals surface area (Å²) in [5.74, 6) is 0.751. The van der Waals surface area contributed by atoms with E-state index in [1.54, 1.807) is 0 Å². The lowest BCUT2D eigenvalue weighted by atomic mass is 10.1. The van der Waals surface area contributed by atoms with Gasteiger partial charge in [-0.15, -0.1) is 23.7 Å². The van der Waals surface area contributed by atoms with Crippen molar-refractivity contribution in [1.29, 1.82) is 0 Å². The zero-order chi connectivity index (χ0) is 12.3. The standard InChI is InChI=1S/C12H19N3OS.ClH/c1-2-9-4-6-15(7-9)12(16)10-8-17-11(14-10)3-5-13;/h8-9H,2-7,13H2,1H3;1H. The topological polar surface area (TPSA) is 59.2 Å². The average molecular weight is 290 g/mol. The number of halogens is 1. The van der Waals surface area contributed by atoms with Crippen LogP contribution in [0.4, 0.5) is 0 Å². The first-order chi connectivity index (χ1) is 8.24. The molecular formula is C12H20ClN3OS. The molecule has 6 heteroatoms. The highest BCUT2D eigenvalue weighted by atomic mass is 35.5. The van der Waals surface area contributed by atoms with Crippen LogP contribution in [0.1, 0.15) is 35.3 Å². The average Bonchev–Trinajstić information content (AvgIpc) is 2.97. The predicted octanol–water partition coefficient (Wildman–Crippen LogP) is 1.94. The summed E-state index contributed by atoms with van der Waals surface area (Å²) in [5.41, 5.74) is 6.07. The molecule has 2 N–H and O–H groups in total. The molecule has 4 nitrogen and oxygen atoms in total. The lowest BCUT2D eigenvalue weighted by Crippen LogP contribution is -2.28. The summed E-state index contributed by atoms with van der Waals surface area (Å²) in [6.45, 7) is 4.53. The number of carbonyl (C=O) groups excluding carboxylic acids is 1. The van der Waals surface area contributed by atoms with Crippen LogP contribution in [-0.2, 0) is 6.42 Å². The molecule has 1 unspecified atom stereocenters. The van der Waals surface area contributed by atoms with Gasteiger partial charge in [-0.2, -0.15) is 0 Å². The second kappa shape index (κ2) is 7.07. The first-order valence-electron chi connectivity index (χ1n) is 6.18. The van der Waals surface area contributed by atoms with Gasteiger partial charge in [0.05, 0.1) is 5.01 Å². The van der Waals surface area contributed by atoms with Crippen molar-refractivity contribution in [1.82, 2.24) is 9.88 Å². The normalized spacial score (nSPS) is 18.8. The third-order valence-corrected chi connectivity index (χ3v) is 4.19. The molecule has 1 saturated heterocycles. The largest absolute Gasteiger partial charge is 0.337 e. The van der Waals surface area contributed by atoms with Gasteiger partial charge in [-0.1, -0.05) is 13.3 Å². The van der Waals surface area contributed by atoms with E-state index in [9.17, 15) is 4.79 Å².